The number of hydrogen-bond donors (Lipinski definition) is 0. The van der Waals surface area contributed by atoms with Gasteiger partial charge in [0.1, 0.15) is 5.82 Å². The Morgan fingerprint density at radius 1 is 1.05 bits per heavy atom. The first kappa shape index (κ1) is 13.2. The van der Waals surface area contributed by atoms with Gasteiger partial charge in [0.15, 0.2) is 0 Å². The first-order valence-electron chi connectivity index (χ1n) is 6.74. The lowest BCUT2D eigenvalue weighted by atomic mass is 10.1. The number of aromatic nitrogens is 2. The second-order valence-electron chi connectivity index (χ2n) is 5.23. The summed E-state index contributed by atoms with van der Waals surface area (Å²) in [5.41, 5.74) is 5.94. The number of hydrogen-bond acceptors (Lipinski definition) is 1. The van der Waals surface area contributed by atoms with E-state index >= 15 is 0 Å². The summed E-state index contributed by atoms with van der Waals surface area (Å²) in [7, 11) is 0. The molecule has 0 amide bonds. The number of benzene rings is 2. The Balaban J connectivity index is 2.10. The van der Waals surface area contributed by atoms with Crippen molar-refractivity contribution in [2.75, 3.05) is 0 Å². The molecular weight excluding hydrogens is 268 g/mol. The van der Waals surface area contributed by atoms with Crippen LogP contribution in [0.1, 0.15) is 22.5 Å². The van der Waals surface area contributed by atoms with E-state index < -0.39 is 0 Å². The number of alkyl halides is 1. The fourth-order valence-corrected chi connectivity index (χ4v) is 2.77. The summed E-state index contributed by atoms with van der Waals surface area (Å²) >= 11 is 6.06. The Kier molecular flexibility index (Phi) is 3.49. The van der Waals surface area contributed by atoms with Crippen molar-refractivity contribution in [3.05, 3.63) is 65.0 Å². The summed E-state index contributed by atoms with van der Waals surface area (Å²) in [4.78, 5) is 4.64. The second kappa shape index (κ2) is 5.29. The summed E-state index contributed by atoms with van der Waals surface area (Å²) in [6.45, 7) is 5.00. The second-order valence-corrected chi connectivity index (χ2v) is 5.50. The highest BCUT2D eigenvalue weighted by Crippen LogP contribution is 2.20. The lowest BCUT2D eigenvalue weighted by Crippen LogP contribution is -2.04. The third kappa shape index (κ3) is 2.44. The third-order valence-electron chi connectivity index (χ3n) is 3.53. The molecule has 0 aliphatic carbocycles. The van der Waals surface area contributed by atoms with E-state index in [4.69, 9.17) is 11.6 Å². The van der Waals surface area contributed by atoms with Gasteiger partial charge in [0.2, 0.25) is 0 Å². The monoisotopic (exact) mass is 284 g/mol. The van der Waals surface area contributed by atoms with E-state index in [9.17, 15) is 0 Å². The molecule has 0 saturated heterocycles. The van der Waals surface area contributed by atoms with Gasteiger partial charge < -0.3 is 4.57 Å². The predicted octanol–water partition coefficient (Wildman–Crippen LogP) is 4.44. The minimum absolute atomic E-state index is 0.430. The van der Waals surface area contributed by atoms with Gasteiger partial charge in [0.05, 0.1) is 16.9 Å². The number of nitrogens with zero attached hydrogens (tertiary/aromatic N) is 2. The Morgan fingerprint density at radius 2 is 1.85 bits per heavy atom. The molecule has 0 spiro atoms. The van der Waals surface area contributed by atoms with Gasteiger partial charge in [-0.15, -0.1) is 11.6 Å². The lowest BCUT2D eigenvalue weighted by Gasteiger charge is -2.08. The number of aryl methyl sites for hydroxylation is 2. The van der Waals surface area contributed by atoms with Crippen LogP contribution < -0.4 is 0 Å². The Bertz CT molecular complexity index is 759. The molecule has 3 aromatic rings. The average molecular weight is 285 g/mol. The number of rotatable bonds is 3. The van der Waals surface area contributed by atoms with Crippen molar-refractivity contribution in [2.24, 2.45) is 0 Å². The number of fused-ring (bicyclic) bond motifs is 1. The minimum atomic E-state index is 0.430. The Hall–Kier alpha value is -1.80. The SMILES string of the molecule is Cc1cccc(Cn2c(CCl)nc3cc(C)ccc32)c1. The van der Waals surface area contributed by atoms with Gasteiger partial charge in [0.25, 0.3) is 0 Å². The molecule has 0 radical (unpaired) electrons. The van der Waals surface area contributed by atoms with Crippen LogP contribution in [0.5, 0.6) is 0 Å². The van der Waals surface area contributed by atoms with E-state index in [1.807, 2.05) is 0 Å². The van der Waals surface area contributed by atoms with Crippen LogP contribution in [0.2, 0.25) is 0 Å². The van der Waals surface area contributed by atoms with Gasteiger partial charge in [-0.3, -0.25) is 0 Å². The molecule has 0 N–H and O–H groups in total. The van der Waals surface area contributed by atoms with Gasteiger partial charge in [0, 0.05) is 6.54 Å². The Morgan fingerprint density at radius 3 is 2.60 bits per heavy atom. The maximum Gasteiger partial charge on any atom is 0.125 e. The van der Waals surface area contributed by atoms with Crippen LogP contribution in [0.15, 0.2) is 42.5 Å². The third-order valence-corrected chi connectivity index (χ3v) is 3.76. The van der Waals surface area contributed by atoms with Crippen LogP contribution in [-0.4, -0.2) is 9.55 Å². The standard InChI is InChI=1S/C17H17ClN2/c1-12-4-3-5-14(8-12)11-20-16-7-6-13(2)9-15(16)19-17(20)10-18/h3-9H,10-11H2,1-2H3. The van der Waals surface area contributed by atoms with Crippen molar-refractivity contribution < 1.29 is 0 Å². The summed E-state index contributed by atoms with van der Waals surface area (Å²) < 4.78 is 2.20. The highest BCUT2D eigenvalue weighted by Gasteiger charge is 2.10. The molecule has 0 saturated carbocycles. The molecule has 3 rings (SSSR count). The zero-order valence-electron chi connectivity index (χ0n) is 11.7. The van der Waals surface area contributed by atoms with Crippen molar-refractivity contribution in [1.82, 2.24) is 9.55 Å². The van der Waals surface area contributed by atoms with Crippen LogP contribution in [0, 0.1) is 13.8 Å². The maximum absolute atomic E-state index is 6.06. The van der Waals surface area contributed by atoms with Gasteiger partial charge >= 0.3 is 0 Å². The zero-order valence-corrected chi connectivity index (χ0v) is 12.5. The quantitative estimate of drug-likeness (QED) is 0.650. The van der Waals surface area contributed by atoms with Crippen molar-refractivity contribution in [1.29, 1.82) is 0 Å². The van der Waals surface area contributed by atoms with Crippen LogP contribution in [0.25, 0.3) is 11.0 Å². The molecule has 1 aromatic heterocycles. The number of imidazole rings is 1. The molecule has 0 fully saturated rings. The molecule has 3 heteroatoms. The van der Waals surface area contributed by atoms with E-state index in [-0.39, 0.29) is 0 Å². The van der Waals surface area contributed by atoms with Crippen molar-refractivity contribution in [3.8, 4) is 0 Å². The van der Waals surface area contributed by atoms with Gasteiger partial charge in [-0.25, -0.2) is 4.98 Å². The van der Waals surface area contributed by atoms with Gasteiger partial charge in [-0.1, -0.05) is 35.9 Å². The predicted molar refractivity (Wildman–Crippen MR) is 84.3 cm³/mol. The molecule has 20 heavy (non-hydrogen) atoms. The lowest BCUT2D eigenvalue weighted by molar-refractivity contribution is 0.778. The molecule has 0 unspecified atom stereocenters. The van der Waals surface area contributed by atoms with E-state index in [1.165, 1.54) is 16.7 Å². The normalized spacial score (nSPS) is 11.2. The summed E-state index contributed by atoms with van der Waals surface area (Å²) in [5, 5.41) is 0. The summed E-state index contributed by atoms with van der Waals surface area (Å²) in [6, 6.07) is 14.9. The summed E-state index contributed by atoms with van der Waals surface area (Å²) in [6.07, 6.45) is 0. The largest absolute Gasteiger partial charge is 0.322 e. The molecule has 0 aliphatic heterocycles. The molecule has 0 atom stereocenters. The van der Waals surface area contributed by atoms with Crippen LogP contribution in [0.3, 0.4) is 0 Å². The fourth-order valence-electron chi connectivity index (χ4n) is 2.56. The molecule has 1 heterocycles. The van der Waals surface area contributed by atoms with Gasteiger partial charge in [-0.05, 0) is 37.1 Å². The summed E-state index contributed by atoms with van der Waals surface area (Å²) in [5.74, 6) is 1.35. The van der Waals surface area contributed by atoms with Crippen molar-refractivity contribution in [3.63, 3.8) is 0 Å². The first-order chi connectivity index (χ1) is 9.67. The van der Waals surface area contributed by atoms with E-state index in [0.717, 1.165) is 23.4 Å². The smallest absolute Gasteiger partial charge is 0.125 e. The molecule has 102 valence electrons. The molecule has 2 nitrogen and oxygen atoms in total. The van der Waals surface area contributed by atoms with Crippen molar-refractivity contribution in [2.45, 2.75) is 26.3 Å². The topological polar surface area (TPSA) is 17.8 Å². The van der Waals surface area contributed by atoms with Crippen LogP contribution >= 0.6 is 11.6 Å². The first-order valence-corrected chi connectivity index (χ1v) is 7.28. The molecule has 0 bridgehead atoms. The fraction of sp³-hybridized carbons (Fsp3) is 0.235. The van der Waals surface area contributed by atoms with E-state index in [2.05, 4.69) is 65.9 Å². The van der Waals surface area contributed by atoms with Gasteiger partial charge in [-0.2, -0.15) is 0 Å². The molecule has 2 aromatic carbocycles. The highest BCUT2D eigenvalue weighted by molar-refractivity contribution is 6.16. The van der Waals surface area contributed by atoms with Crippen LogP contribution in [-0.2, 0) is 12.4 Å². The van der Waals surface area contributed by atoms with Crippen molar-refractivity contribution >= 4 is 22.6 Å². The average Bonchev–Trinajstić information content (AvgIpc) is 2.76. The zero-order chi connectivity index (χ0) is 14.1. The molecule has 0 aliphatic rings. The van der Waals surface area contributed by atoms with Crippen LogP contribution in [0.4, 0.5) is 0 Å². The van der Waals surface area contributed by atoms with E-state index in [0.29, 0.717) is 5.88 Å². The Labute approximate surface area is 124 Å². The maximum atomic E-state index is 6.06. The minimum Gasteiger partial charge on any atom is -0.322 e. The number of halogens is 1. The highest BCUT2D eigenvalue weighted by atomic mass is 35.5. The van der Waals surface area contributed by atoms with E-state index in [1.54, 1.807) is 0 Å². The molecular formula is C17H17ClN2.